The van der Waals surface area contributed by atoms with Crippen molar-refractivity contribution in [2.75, 3.05) is 17.7 Å². The molecule has 10 nitrogen and oxygen atoms in total. The number of carbonyl (C=O) groups excluding carboxylic acids is 1. The van der Waals surface area contributed by atoms with E-state index >= 15 is 0 Å². The van der Waals surface area contributed by atoms with Gasteiger partial charge >= 0.3 is 6.03 Å². The van der Waals surface area contributed by atoms with Crippen LogP contribution in [0.2, 0.25) is 9.36 Å². The number of fused-ring (bicyclic) bond motifs is 1. The number of thiophene rings is 1. The van der Waals surface area contributed by atoms with Crippen molar-refractivity contribution in [3.63, 3.8) is 0 Å². The molecule has 2 heterocycles. The Labute approximate surface area is 212 Å². The summed E-state index contributed by atoms with van der Waals surface area (Å²) >= 11 is 12.9. The molecule has 0 fully saturated rings. The topological polar surface area (TPSA) is 139 Å². The fourth-order valence-corrected chi connectivity index (χ4v) is 5.94. The van der Waals surface area contributed by atoms with Crippen molar-refractivity contribution in [3.8, 4) is 5.69 Å². The number of nitroso groups, excluding NO2 is 1. The lowest BCUT2D eigenvalue weighted by molar-refractivity contribution is 0.256. The van der Waals surface area contributed by atoms with Crippen molar-refractivity contribution in [1.82, 2.24) is 9.29 Å². The molecule has 180 valence electrons. The lowest BCUT2D eigenvalue weighted by Crippen LogP contribution is -2.33. The number of nitrogens with zero attached hydrogens (tertiary/aromatic N) is 2. The summed E-state index contributed by atoms with van der Waals surface area (Å²) < 4.78 is 27.7. The minimum absolute atomic E-state index is 0.0354. The number of carbonyl (C=O) groups is 1. The van der Waals surface area contributed by atoms with Gasteiger partial charge in [0.15, 0.2) is 0 Å². The van der Waals surface area contributed by atoms with Gasteiger partial charge in [-0.05, 0) is 53.7 Å². The highest BCUT2D eigenvalue weighted by Gasteiger charge is 2.20. The van der Waals surface area contributed by atoms with Crippen LogP contribution in [0.5, 0.6) is 0 Å². The molecular weight excluding hydrogens is 537 g/mol. The molecule has 4 aromatic rings. The Hall–Kier alpha value is -3.45. The van der Waals surface area contributed by atoms with E-state index in [1.807, 2.05) is 4.72 Å². The third-order valence-electron chi connectivity index (χ3n) is 4.89. The van der Waals surface area contributed by atoms with E-state index in [1.54, 1.807) is 25.2 Å². The van der Waals surface area contributed by atoms with Crippen LogP contribution in [0.1, 0.15) is 0 Å². The number of urea groups is 1. The number of amides is 2. The summed E-state index contributed by atoms with van der Waals surface area (Å²) in [4.78, 5) is 36.8. The lowest BCUT2D eigenvalue weighted by Gasteiger charge is -2.13. The Morgan fingerprint density at radius 3 is 2.40 bits per heavy atom. The molecule has 0 aliphatic rings. The van der Waals surface area contributed by atoms with Crippen molar-refractivity contribution in [2.45, 2.75) is 4.21 Å². The van der Waals surface area contributed by atoms with E-state index in [0.717, 1.165) is 11.3 Å². The zero-order valence-electron chi connectivity index (χ0n) is 17.7. The van der Waals surface area contributed by atoms with Crippen LogP contribution in [0.4, 0.5) is 21.9 Å². The number of pyridine rings is 1. The second-order valence-corrected chi connectivity index (χ2v) is 11.1. The van der Waals surface area contributed by atoms with E-state index in [4.69, 9.17) is 23.2 Å². The zero-order valence-corrected chi connectivity index (χ0v) is 20.8. The highest BCUT2D eigenvalue weighted by molar-refractivity contribution is 7.92. The van der Waals surface area contributed by atoms with Crippen molar-refractivity contribution < 1.29 is 13.2 Å². The number of halogens is 2. The van der Waals surface area contributed by atoms with Crippen LogP contribution in [0, 0.1) is 4.91 Å². The summed E-state index contributed by atoms with van der Waals surface area (Å²) in [6, 6.07) is 10.8. The highest BCUT2D eigenvalue weighted by atomic mass is 35.5. The second-order valence-electron chi connectivity index (χ2n) is 7.08. The Morgan fingerprint density at radius 1 is 1.03 bits per heavy atom. The predicted octanol–water partition coefficient (Wildman–Crippen LogP) is 5.31. The number of benzene rings is 2. The van der Waals surface area contributed by atoms with Gasteiger partial charge in [0, 0.05) is 35.4 Å². The van der Waals surface area contributed by atoms with E-state index < -0.39 is 21.6 Å². The van der Waals surface area contributed by atoms with Gasteiger partial charge in [0.1, 0.15) is 9.90 Å². The lowest BCUT2D eigenvalue weighted by atomic mass is 10.1. The fourth-order valence-electron chi connectivity index (χ4n) is 3.28. The minimum atomic E-state index is -4.11. The number of hydrogen-bond donors (Lipinski definition) is 3. The Bertz CT molecular complexity index is 1650. The molecule has 0 spiro atoms. The molecule has 0 bridgehead atoms. The van der Waals surface area contributed by atoms with Gasteiger partial charge in [-0.15, -0.1) is 16.2 Å². The van der Waals surface area contributed by atoms with Crippen LogP contribution in [-0.2, 0) is 10.0 Å². The molecule has 35 heavy (non-hydrogen) atoms. The summed E-state index contributed by atoms with van der Waals surface area (Å²) in [5, 5.41) is 9.04. The van der Waals surface area contributed by atoms with Gasteiger partial charge in [-0.3, -0.25) is 9.36 Å². The summed E-state index contributed by atoms with van der Waals surface area (Å²) in [5.74, 6) is 0. The maximum Gasteiger partial charge on any atom is 0.333 e. The third-order valence-corrected chi connectivity index (χ3v) is 8.25. The average Bonchev–Trinajstić information content (AvgIpc) is 3.26. The first-order chi connectivity index (χ1) is 16.6. The SMILES string of the molecule is CNc1ccc2c(=O)n(-c3ccc(NC(=O)NS(=O)(=O)c4ccc(Cl)s4)cc3Cl)cc(N=O)c2c1. The Morgan fingerprint density at radius 2 is 1.77 bits per heavy atom. The molecule has 0 aliphatic carbocycles. The van der Waals surface area contributed by atoms with Crippen molar-refractivity contribution in [3.05, 3.63) is 79.3 Å². The molecular formula is C21H15Cl2N5O5S2. The third kappa shape index (κ3) is 5.00. The van der Waals surface area contributed by atoms with Gasteiger partial charge in [0.05, 0.1) is 15.0 Å². The van der Waals surface area contributed by atoms with Gasteiger partial charge in [-0.25, -0.2) is 17.9 Å². The van der Waals surface area contributed by atoms with E-state index in [1.165, 1.54) is 41.1 Å². The van der Waals surface area contributed by atoms with Crippen LogP contribution in [0.15, 0.2) is 68.9 Å². The van der Waals surface area contributed by atoms with Crippen LogP contribution < -0.4 is 20.9 Å². The largest absolute Gasteiger partial charge is 0.388 e. The maximum absolute atomic E-state index is 13.1. The van der Waals surface area contributed by atoms with Crippen LogP contribution in [-0.4, -0.2) is 26.1 Å². The number of aromatic nitrogens is 1. The van der Waals surface area contributed by atoms with Crippen LogP contribution >= 0.6 is 34.5 Å². The Kier molecular flexibility index (Phi) is 6.81. The van der Waals surface area contributed by atoms with Gasteiger partial charge in [-0.2, -0.15) is 0 Å². The molecule has 4 rings (SSSR count). The van der Waals surface area contributed by atoms with Gasteiger partial charge < -0.3 is 10.6 Å². The smallest absolute Gasteiger partial charge is 0.333 e. The summed E-state index contributed by atoms with van der Waals surface area (Å²) in [5.41, 5.74) is 0.699. The average molecular weight is 552 g/mol. The second kappa shape index (κ2) is 9.66. The summed E-state index contributed by atoms with van der Waals surface area (Å²) in [7, 11) is -2.40. The fraction of sp³-hybridized carbons (Fsp3) is 0.0476. The molecule has 0 unspecified atom stereocenters. The number of nitrogens with one attached hydrogen (secondary N) is 3. The molecule has 0 saturated carbocycles. The predicted molar refractivity (Wildman–Crippen MR) is 138 cm³/mol. The van der Waals surface area contributed by atoms with E-state index in [2.05, 4.69) is 15.8 Å². The van der Waals surface area contributed by atoms with E-state index in [9.17, 15) is 22.9 Å². The molecule has 2 amide bonds. The van der Waals surface area contributed by atoms with Crippen LogP contribution in [0.3, 0.4) is 0 Å². The summed E-state index contributed by atoms with van der Waals surface area (Å²) in [6.07, 6.45) is 1.27. The zero-order chi connectivity index (χ0) is 25.3. The number of rotatable bonds is 6. The minimum Gasteiger partial charge on any atom is -0.388 e. The van der Waals surface area contributed by atoms with Crippen molar-refractivity contribution in [2.24, 2.45) is 5.18 Å². The first kappa shape index (κ1) is 24.7. The molecule has 0 saturated heterocycles. The van der Waals surface area contributed by atoms with Gasteiger partial charge in [0.2, 0.25) is 0 Å². The number of sulfonamides is 1. The first-order valence-electron chi connectivity index (χ1n) is 9.72. The highest BCUT2D eigenvalue weighted by Crippen LogP contribution is 2.30. The van der Waals surface area contributed by atoms with Gasteiger partial charge in [0.25, 0.3) is 15.6 Å². The molecule has 3 N–H and O–H groups in total. The molecule has 2 aromatic heterocycles. The Balaban J connectivity index is 1.63. The maximum atomic E-state index is 13.1. The van der Waals surface area contributed by atoms with Crippen LogP contribution in [0.25, 0.3) is 16.5 Å². The molecule has 0 atom stereocenters. The molecule has 2 aromatic carbocycles. The molecule has 0 aliphatic heterocycles. The van der Waals surface area contributed by atoms with Crippen molar-refractivity contribution in [1.29, 1.82) is 0 Å². The van der Waals surface area contributed by atoms with Crippen molar-refractivity contribution >= 4 is 78.4 Å². The molecule has 14 heteroatoms. The molecule has 0 radical (unpaired) electrons. The normalized spacial score (nSPS) is 11.3. The monoisotopic (exact) mass is 551 g/mol. The number of hydrogen-bond acceptors (Lipinski definition) is 8. The summed E-state index contributed by atoms with van der Waals surface area (Å²) in [6.45, 7) is 0. The standard InChI is InChI=1S/C21H15Cl2N5O5S2/c1-24-11-2-4-13-14(8-11)16(26-31)10-28(20(13)29)17-5-3-12(9-15(17)22)25-21(30)27-35(32,33)19-7-6-18(23)34-19/h2-10,24H,1H3,(H2,25,27,30). The quantitative estimate of drug-likeness (QED) is 0.277. The van der Waals surface area contributed by atoms with E-state index in [0.29, 0.717) is 11.1 Å². The number of anilines is 2. The van der Waals surface area contributed by atoms with Gasteiger partial charge in [-0.1, -0.05) is 23.2 Å². The van der Waals surface area contributed by atoms with E-state index in [-0.39, 0.29) is 36.0 Å². The first-order valence-corrected chi connectivity index (χ1v) is 12.8.